The zero-order valence-corrected chi connectivity index (χ0v) is 12.6. The van der Waals surface area contributed by atoms with E-state index >= 15 is 0 Å². The molecule has 4 heteroatoms. The topological polar surface area (TPSA) is 45.2 Å². The van der Waals surface area contributed by atoms with Gasteiger partial charge in [-0.25, -0.2) is 0 Å². The number of anilines is 1. The highest BCUT2D eigenvalue weighted by Gasteiger charge is 2.25. The van der Waals surface area contributed by atoms with E-state index in [1.165, 1.54) is 5.56 Å². The van der Waals surface area contributed by atoms with Crippen molar-refractivity contribution >= 4 is 11.6 Å². The third kappa shape index (κ3) is 3.92. The number of nitrogens with one attached hydrogen (secondary N) is 1. The number of hydrogen-bond donors (Lipinski definition) is 1. The summed E-state index contributed by atoms with van der Waals surface area (Å²) in [6, 6.07) is 14.1. The fraction of sp³-hybridized carbons (Fsp3) is 0.333. The summed E-state index contributed by atoms with van der Waals surface area (Å²) in [4.78, 5) is 18.7. The molecular formula is C18H21N3O. The number of amides is 1. The summed E-state index contributed by atoms with van der Waals surface area (Å²) in [7, 11) is 0. The molecule has 1 unspecified atom stereocenters. The summed E-state index contributed by atoms with van der Waals surface area (Å²) < 4.78 is 0. The van der Waals surface area contributed by atoms with E-state index in [0.717, 1.165) is 38.2 Å². The minimum atomic E-state index is 0.0608. The number of carbonyl (C=O) groups excluding carboxylic acids is 1. The predicted molar refractivity (Wildman–Crippen MR) is 87.3 cm³/mol. The smallest absolute Gasteiger partial charge is 0.228 e. The lowest BCUT2D eigenvalue weighted by Crippen LogP contribution is -2.40. The quantitative estimate of drug-likeness (QED) is 0.943. The average molecular weight is 295 g/mol. The highest BCUT2D eigenvalue weighted by Crippen LogP contribution is 2.20. The van der Waals surface area contributed by atoms with Crippen molar-refractivity contribution in [2.45, 2.75) is 19.4 Å². The first-order valence-corrected chi connectivity index (χ1v) is 7.78. The monoisotopic (exact) mass is 295 g/mol. The van der Waals surface area contributed by atoms with Crippen LogP contribution in [0.3, 0.4) is 0 Å². The van der Waals surface area contributed by atoms with Crippen LogP contribution in [0.1, 0.15) is 18.4 Å². The fourth-order valence-electron chi connectivity index (χ4n) is 2.93. The molecule has 1 fully saturated rings. The summed E-state index contributed by atoms with van der Waals surface area (Å²) in [6.45, 7) is 2.81. The van der Waals surface area contributed by atoms with Crippen molar-refractivity contribution < 1.29 is 4.79 Å². The number of piperidine rings is 1. The maximum absolute atomic E-state index is 12.4. The lowest BCUT2D eigenvalue weighted by molar-refractivity contribution is -0.121. The first-order chi connectivity index (χ1) is 10.8. The third-order valence-electron chi connectivity index (χ3n) is 4.07. The van der Waals surface area contributed by atoms with Crippen molar-refractivity contribution in [1.82, 2.24) is 9.88 Å². The Kier molecular flexibility index (Phi) is 4.81. The molecule has 1 aromatic carbocycles. The number of hydrogen-bond acceptors (Lipinski definition) is 3. The molecule has 1 atom stereocenters. The fourth-order valence-corrected chi connectivity index (χ4v) is 2.93. The lowest BCUT2D eigenvalue weighted by Gasteiger charge is -2.32. The second kappa shape index (κ2) is 7.18. The van der Waals surface area contributed by atoms with Crippen LogP contribution in [0.4, 0.5) is 5.69 Å². The Morgan fingerprint density at radius 1 is 1.18 bits per heavy atom. The largest absolute Gasteiger partial charge is 0.326 e. The second-order valence-electron chi connectivity index (χ2n) is 5.79. The van der Waals surface area contributed by atoms with Crippen LogP contribution in [0.25, 0.3) is 0 Å². The second-order valence-corrected chi connectivity index (χ2v) is 5.79. The summed E-state index contributed by atoms with van der Waals surface area (Å²) in [6.07, 6.45) is 5.42. The number of nitrogens with zero attached hydrogens (tertiary/aromatic N) is 2. The van der Waals surface area contributed by atoms with Crippen LogP contribution in [-0.4, -0.2) is 28.9 Å². The zero-order valence-electron chi connectivity index (χ0n) is 12.6. The van der Waals surface area contributed by atoms with Gasteiger partial charge in [0.15, 0.2) is 0 Å². The molecule has 0 radical (unpaired) electrons. The molecule has 2 aromatic rings. The van der Waals surface area contributed by atoms with Crippen LogP contribution >= 0.6 is 0 Å². The van der Waals surface area contributed by atoms with Crippen molar-refractivity contribution in [1.29, 1.82) is 0 Å². The Labute approximate surface area is 131 Å². The molecule has 0 spiro atoms. The molecular weight excluding hydrogens is 274 g/mol. The number of rotatable bonds is 4. The van der Waals surface area contributed by atoms with Gasteiger partial charge in [0.2, 0.25) is 5.91 Å². The van der Waals surface area contributed by atoms with Gasteiger partial charge in [-0.15, -0.1) is 0 Å². The zero-order chi connectivity index (χ0) is 15.2. The Morgan fingerprint density at radius 3 is 2.73 bits per heavy atom. The molecule has 1 amide bonds. The number of benzene rings is 1. The summed E-state index contributed by atoms with van der Waals surface area (Å²) >= 11 is 0. The Balaban J connectivity index is 1.57. The first kappa shape index (κ1) is 14.7. The van der Waals surface area contributed by atoms with Crippen molar-refractivity contribution in [3.05, 3.63) is 60.4 Å². The molecule has 1 aliphatic heterocycles. The Bertz CT molecular complexity index is 600. The van der Waals surface area contributed by atoms with Gasteiger partial charge >= 0.3 is 0 Å². The van der Waals surface area contributed by atoms with Gasteiger partial charge in [0, 0.05) is 31.2 Å². The molecule has 22 heavy (non-hydrogen) atoms. The van der Waals surface area contributed by atoms with E-state index in [1.54, 1.807) is 12.4 Å². The van der Waals surface area contributed by atoms with Crippen LogP contribution in [0.5, 0.6) is 0 Å². The van der Waals surface area contributed by atoms with Crippen LogP contribution in [0, 0.1) is 5.92 Å². The maximum Gasteiger partial charge on any atom is 0.228 e. The predicted octanol–water partition coefficient (Wildman–Crippen LogP) is 2.93. The molecule has 1 N–H and O–H groups in total. The van der Waals surface area contributed by atoms with Gasteiger partial charge in [-0.05, 0) is 37.1 Å². The van der Waals surface area contributed by atoms with E-state index in [4.69, 9.17) is 0 Å². The lowest BCUT2D eigenvalue weighted by atomic mass is 9.96. The highest BCUT2D eigenvalue weighted by atomic mass is 16.1. The van der Waals surface area contributed by atoms with Gasteiger partial charge in [-0.3, -0.25) is 14.7 Å². The van der Waals surface area contributed by atoms with Crippen LogP contribution in [0.15, 0.2) is 54.9 Å². The minimum Gasteiger partial charge on any atom is -0.326 e. The van der Waals surface area contributed by atoms with E-state index in [1.807, 2.05) is 18.2 Å². The van der Waals surface area contributed by atoms with Gasteiger partial charge in [-0.1, -0.05) is 30.3 Å². The number of likely N-dealkylation sites (tertiary alicyclic amines) is 1. The number of carbonyl (C=O) groups is 1. The van der Waals surface area contributed by atoms with E-state index in [0.29, 0.717) is 0 Å². The normalized spacial score (nSPS) is 18.8. The van der Waals surface area contributed by atoms with Gasteiger partial charge in [0.25, 0.3) is 0 Å². The molecule has 1 aliphatic rings. The summed E-state index contributed by atoms with van der Waals surface area (Å²) in [5.74, 6) is 0.176. The van der Waals surface area contributed by atoms with Crippen LogP contribution in [0.2, 0.25) is 0 Å². The van der Waals surface area contributed by atoms with E-state index < -0.39 is 0 Å². The molecule has 3 rings (SSSR count). The van der Waals surface area contributed by atoms with Gasteiger partial charge in [0.1, 0.15) is 0 Å². The van der Waals surface area contributed by atoms with Gasteiger partial charge < -0.3 is 5.32 Å². The third-order valence-corrected chi connectivity index (χ3v) is 4.07. The van der Waals surface area contributed by atoms with Crippen LogP contribution in [-0.2, 0) is 11.3 Å². The molecule has 4 nitrogen and oxygen atoms in total. The minimum absolute atomic E-state index is 0.0608. The van der Waals surface area contributed by atoms with Gasteiger partial charge in [-0.2, -0.15) is 0 Å². The van der Waals surface area contributed by atoms with E-state index in [-0.39, 0.29) is 11.8 Å². The molecule has 1 aromatic heterocycles. The average Bonchev–Trinajstić information content (AvgIpc) is 2.57. The highest BCUT2D eigenvalue weighted by molar-refractivity contribution is 5.92. The maximum atomic E-state index is 12.4. The van der Waals surface area contributed by atoms with Gasteiger partial charge in [0.05, 0.1) is 5.92 Å². The molecule has 1 saturated heterocycles. The SMILES string of the molecule is O=C(Nc1ccncc1)C1CCCN(Cc2ccccc2)C1. The Morgan fingerprint density at radius 2 is 1.95 bits per heavy atom. The van der Waals surface area contributed by atoms with Crippen molar-refractivity contribution in [3.63, 3.8) is 0 Å². The summed E-state index contributed by atoms with van der Waals surface area (Å²) in [5, 5.41) is 2.99. The Hall–Kier alpha value is -2.20. The molecule has 0 aliphatic carbocycles. The number of pyridine rings is 1. The number of aromatic nitrogens is 1. The first-order valence-electron chi connectivity index (χ1n) is 7.78. The standard InChI is InChI=1S/C18H21N3O/c22-18(20-17-8-10-19-11-9-17)16-7-4-12-21(14-16)13-15-5-2-1-3-6-15/h1-3,5-6,8-11,16H,4,7,12-14H2,(H,19,20,22). The molecule has 114 valence electrons. The van der Waals surface area contributed by atoms with Crippen molar-refractivity contribution in [3.8, 4) is 0 Å². The molecule has 0 bridgehead atoms. The molecule has 2 heterocycles. The summed E-state index contributed by atoms with van der Waals surface area (Å²) in [5.41, 5.74) is 2.12. The van der Waals surface area contributed by atoms with Crippen LogP contribution < -0.4 is 5.32 Å². The van der Waals surface area contributed by atoms with E-state index in [2.05, 4.69) is 39.5 Å². The van der Waals surface area contributed by atoms with Crippen molar-refractivity contribution in [2.24, 2.45) is 5.92 Å². The van der Waals surface area contributed by atoms with E-state index in [9.17, 15) is 4.79 Å². The molecule has 0 saturated carbocycles. The van der Waals surface area contributed by atoms with Crippen molar-refractivity contribution in [2.75, 3.05) is 18.4 Å².